The van der Waals surface area contributed by atoms with E-state index in [4.69, 9.17) is 19.4 Å². The first kappa shape index (κ1) is 23.0. The van der Waals surface area contributed by atoms with Gasteiger partial charge in [0, 0.05) is 56.9 Å². The molecule has 0 amide bonds. The Hall–Kier alpha value is -4.52. The fourth-order valence-corrected chi connectivity index (χ4v) is 9.22. The van der Waals surface area contributed by atoms with E-state index >= 15 is 0 Å². The van der Waals surface area contributed by atoms with E-state index in [0.717, 1.165) is 44.8 Å². The highest BCUT2D eigenvalue weighted by atomic mass is 16.5. The van der Waals surface area contributed by atoms with E-state index in [1.54, 1.807) is 0 Å². The molecule has 8 atom stereocenters. The van der Waals surface area contributed by atoms with Gasteiger partial charge < -0.3 is 19.4 Å². The number of fused-ring (bicyclic) bond motifs is 28. The minimum absolute atomic E-state index is 0.00167. The first-order chi connectivity index (χ1) is 21.1. The number of nitrogens with zero attached hydrogens (tertiary/aromatic N) is 2. The average Bonchev–Trinajstić information content (AvgIpc) is 3.86. The van der Waals surface area contributed by atoms with Gasteiger partial charge in [0.2, 0.25) is 0 Å². The van der Waals surface area contributed by atoms with Crippen LogP contribution in [0.15, 0.2) is 97.1 Å². The smallest absolute Gasteiger partial charge is 0.0953 e. The van der Waals surface area contributed by atoms with Gasteiger partial charge in [-0.2, -0.15) is 0 Å². The summed E-state index contributed by atoms with van der Waals surface area (Å²) in [6, 6.07) is 34.9. The lowest BCUT2D eigenvalue weighted by atomic mass is 9.64. The van der Waals surface area contributed by atoms with E-state index in [0.29, 0.717) is 0 Å². The molecule has 12 bridgehead atoms. The van der Waals surface area contributed by atoms with E-state index in [-0.39, 0.29) is 47.6 Å². The van der Waals surface area contributed by atoms with Gasteiger partial charge in [-0.1, -0.05) is 55.5 Å². The number of nitrogens with one attached hydrogen (secondary N) is 2. The summed E-state index contributed by atoms with van der Waals surface area (Å²) < 4.78 is 13.4. The van der Waals surface area contributed by atoms with Gasteiger partial charge in [0.05, 0.1) is 35.5 Å². The molecule has 0 aliphatic carbocycles. The highest BCUT2D eigenvalue weighted by molar-refractivity contribution is 5.65. The third kappa shape index (κ3) is 2.81. The number of hydrogen-bond acceptors (Lipinski definition) is 4. The molecule has 11 rings (SSSR count). The van der Waals surface area contributed by atoms with Gasteiger partial charge in [0.1, 0.15) is 0 Å². The van der Waals surface area contributed by atoms with Crippen LogP contribution in [-0.4, -0.2) is 19.9 Å². The van der Waals surface area contributed by atoms with Crippen molar-refractivity contribution in [1.82, 2.24) is 19.9 Å². The standard InChI is InChI=1S/C37H28N4O2/c1-37-29-17-21-13-12-19(39-21)15-27-31-30(33-22-6-2-3-7-23(22)34(31)42-33)26(40-27)14-18-10-11-20(38-18)16-28(41-29)32(37)35-24-8-4-5-9-25(24)36(37)43-35/h2-17,30-36,38-39H,1H3/t30-,31+,32+,33-,34+,35-,36+,37+/m1/s1. The van der Waals surface area contributed by atoms with Crippen LogP contribution >= 0.6 is 0 Å². The van der Waals surface area contributed by atoms with Gasteiger partial charge in [-0.25, -0.2) is 0 Å². The van der Waals surface area contributed by atoms with Gasteiger partial charge in [-0.05, 0) is 70.8 Å². The van der Waals surface area contributed by atoms with Crippen LogP contribution < -0.4 is 0 Å². The number of H-pyrrole nitrogens is 2. The Kier molecular flexibility index (Phi) is 4.12. The lowest BCUT2D eigenvalue weighted by Gasteiger charge is -2.33. The van der Waals surface area contributed by atoms with E-state index in [2.05, 4.69) is 114 Å². The van der Waals surface area contributed by atoms with Crippen LogP contribution in [0.4, 0.5) is 0 Å². The predicted molar refractivity (Wildman–Crippen MR) is 163 cm³/mol. The first-order valence-electron chi connectivity index (χ1n) is 15.3. The van der Waals surface area contributed by atoms with Crippen LogP contribution in [0.5, 0.6) is 0 Å². The van der Waals surface area contributed by atoms with Crippen LogP contribution in [0.2, 0.25) is 0 Å². The molecule has 0 unspecified atom stereocenters. The number of benzene rings is 2. The molecule has 0 saturated carbocycles. The fourth-order valence-electron chi connectivity index (χ4n) is 9.22. The maximum Gasteiger partial charge on any atom is 0.0953 e. The molecule has 208 valence electrons. The third-order valence-corrected chi connectivity index (χ3v) is 11.0. The Morgan fingerprint density at radius 3 is 1.67 bits per heavy atom. The van der Waals surface area contributed by atoms with Crippen molar-refractivity contribution in [2.75, 3.05) is 0 Å². The van der Waals surface area contributed by atoms with Crippen LogP contribution in [0, 0.1) is 0 Å². The summed E-state index contributed by atoms with van der Waals surface area (Å²) in [6.07, 6.45) is 0.0421. The van der Waals surface area contributed by atoms with Gasteiger partial charge >= 0.3 is 0 Å². The third-order valence-electron chi connectivity index (χ3n) is 11.0. The summed E-state index contributed by atoms with van der Waals surface area (Å²) in [7, 11) is 0. The van der Waals surface area contributed by atoms with E-state index < -0.39 is 0 Å². The normalized spacial score (nSPS) is 32.0. The minimum Gasteiger partial charge on any atom is -0.364 e. The number of ether oxygens (including phenoxy) is 2. The molecule has 0 spiro atoms. The molecule has 2 saturated heterocycles. The molecule has 6 nitrogen and oxygen atoms in total. The van der Waals surface area contributed by atoms with Gasteiger partial charge in [-0.15, -0.1) is 0 Å². The van der Waals surface area contributed by atoms with Crippen molar-refractivity contribution >= 4 is 22.1 Å². The molecule has 6 aliphatic rings. The highest BCUT2D eigenvalue weighted by Gasteiger charge is 2.64. The Labute approximate surface area is 247 Å². The molecular weight excluding hydrogens is 532 g/mol. The van der Waals surface area contributed by atoms with E-state index in [9.17, 15) is 0 Å². The minimum atomic E-state index is -0.255. The largest absolute Gasteiger partial charge is 0.364 e. The van der Waals surface area contributed by atoms with Crippen molar-refractivity contribution < 1.29 is 9.47 Å². The molecule has 6 heteroatoms. The number of aromatic amines is 2. The van der Waals surface area contributed by atoms with Crippen LogP contribution in [0.1, 0.15) is 94.1 Å². The van der Waals surface area contributed by atoms with Crippen LogP contribution in [0.25, 0.3) is 22.1 Å². The number of hydrogen-bond donors (Lipinski definition) is 2. The van der Waals surface area contributed by atoms with Gasteiger partial charge in [0.15, 0.2) is 0 Å². The summed E-state index contributed by atoms with van der Waals surface area (Å²) in [5.41, 5.74) is 13.4. The van der Waals surface area contributed by atoms with Crippen molar-refractivity contribution in [2.45, 2.75) is 54.5 Å². The molecule has 3 aromatic heterocycles. The maximum atomic E-state index is 6.75. The second-order valence-corrected chi connectivity index (χ2v) is 13.2. The summed E-state index contributed by atoms with van der Waals surface area (Å²) in [6.45, 7) is 2.34. The second kappa shape index (κ2) is 7.70. The van der Waals surface area contributed by atoms with Crippen molar-refractivity contribution in [1.29, 1.82) is 0 Å². The fraction of sp³-hybridized carbons (Fsp3) is 0.243. The molecular formula is C37H28N4O2. The van der Waals surface area contributed by atoms with E-state index in [1.165, 1.54) is 22.3 Å². The summed E-state index contributed by atoms with van der Waals surface area (Å²) >= 11 is 0. The zero-order valence-electron chi connectivity index (χ0n) is 23.5. The Bertz CT molecular complexity index is 2200. The molecule has 6 aliphatic heterocycles. The van der Waals surface area contributed by atoms with Gasteiger partial charge in [-0.3, -0.25) is 9.97 Å². The monoisotopic (exact) mass is 560 g/mol. The molecule has 2 aromatic carbocycles. The van der Waals surface area contributed by atoms with Crippen molar-refractivity contribution in [3.63, 3.8) is 0 Å². The van der Waals surface area contributed by atoms with Crippen LogP contribution in [-0.2, 0) is 14.9 Å². The zero-order chi connectivity index (χ0) is 28.0. The molecule has 2 fully saturated rings. The Balaban J connectivity index is 1.16. The lowest BCUT2D eigenvalue weighted by Crippen LogP contribution is -2.31. The van der Waals surface area contributed by atoms with Crippen LogP contribution in [0.3, 0.4) is 0 Å². The molecule has 2 N–H and O–H groups in total. The summed E-state index contributed by atoms with van der Waals surface area (Å²) in [4.78, 5) is 17.9. The Morgan fingerprint density at radius 2 is 1.07 bits per heavy atom. The summed E-state index contributed by atoms with van der Waals surface area (Å²) in [5, 5.41) is 0. The lowest BCUT2D eigenvalue weighted by molar-refractivity contribution is 0.0522. The van der Waals surface area contributed by atoms with Gasteiger partial charge in [0.25, 0.3) is 0 Å². The second-order valence-electron chi connectivity index (χ2n) is 13.2. The number of rotatable bonds is 0. The molecule has 9 heterocycles. The quantitative estimate of drug-likeness (QED) is 0.202. The highest BCUT2D eigenvalue weighted by Crippen LogP contribution is 2.69. The maximum absolute atomic E-state index is 6.75. The zero-order valence-corrected chi connectivity index (χ0v) is 23.5. The number of aromatic nitrogens is 4. The van der Waals surface area contributed by atoms with Crippen molar-refractivity contribution in [2.24, 2.45) is 0 Å². The van der Waals surface area contributed by atoms with Crippen molar-refractivity contribution in [3.8, 4) is 0 Å². The predicted octanol–water partition coefficient (Wildman–Crippen LogP) is 7.88. The SMILES string of the molecule is C[C@]12c3cc4ccc(cc5nc(cc6ccc(cc(n3)[C@H]1[C@@H]1O[C@H]2c2ccccc21)[nH]6)[C@@H]1[C@H]5[C@H]2O[C@@H]1c1ccccc12)[nH]4. The first-order valence-corrected chi connectivity index (χ1v) is 15.3. The molecule has 5 aromatic rings. The summed E-state index contributed by atoms with van der Waals surface area (Å²) in [5.74, 6) is 0.538. The van der Waals surface area contributed by atoms with Crippen molar-refractivity contribution in [3.05, 3.63) is 142 Å². The average molecular weight is 561 g/mol. The molecule has 0 radical (unpaired) electrons. The topological polar surface area (TPSA) is 75.8 Å². The Morgan fingerprint density at radius 1 is 0.558 bits per heavy atom. The molecule has 43 heavy (non-hydrogen) atoms. The van der Waals surface area contributed by atoms with E-state index in [1.807, 2.05) is 0 Å².